The monoisotopic (exact) mass is 459 g/mol. The summed E-state index contributed by atoms with van der Waals surface area (Å²) in [6, 6.07) is 7.69. The lowest BCUT2D eigenvalue weighted by Crippen LogP contribution is -2.36. The first-order chi connectivity index (χ1) is 15.1. The molecule has 0 spiro atoms. The topological polar surface area (TPSA) is 72.3 Å². The minimum Gasteiger partial charge on any atom is -0.378 e. The molecule has 0 saturated carbocycles. The van der Waals surface area contributed by atoms with Crippen LogP contribution in [0.1, 0.15) is 35.8 Å². The van der Waals surface area contributed by atoms with Crippen LogP contribution in [-0.4, -0.2) is 47.0 Å². The van der Waals surface area contributed by atoms with E-state index in [4.69, 9.17) is 21.3 Å². The number of ether oxygens (including phenoxy) is 1. The van der Waals surface area contributed by atoms with Crippen LogP contribution < -0.4 is 10.2 Å². The van der Waals surface area contributed by atoms with Crippen LogP contribution in [0.4, 0.5) is 10.8 Å². The summed E-state index contributed by atoms with van der Waals surface area (Å²) >= 11 is 8.06. The molecule has 0 bridgehead atoms. The number of carbonyl (C=O) groups excluding carboxylic acids is 1. The fraction of sp³-hybridized carbons (Fsp3) is 0.409. The van der Waals surface area contributed by atoms with Gasteiger partial charge in [-0.2, -0.15) is 5.10 Å². The highest BCUT2D eigenvalue weighted by Gasteiger charge is 2.20. The number of thiazole rings is 1. The van der Waals surface area contributed by atoms with Crippen molar-refractivity contribution < 1.29 is 9.53 Å². The smallest absolute Gasteiger partial charge is 0.260 e. The molecule has 0 atom stereocenters. The van der Waals surface area contributed by atoms with Gasteiger partial charge in [-0.3, -0.25) is 9.48 Å². The van der Waals surface area contributed by atoms with Crippen molar-refractivity contribution in [2.45, 2.75) is 33.2 Å². The van der Waals surface area contributed by atoms with Gasteiger partial charge in [0.15, 0.2) is 5.13 Å². The molecule has 0 unspecified atom stereocenters. The van der Waals surface area contributed by atoms with E-state index in [0.29, 0.717) is 28.6 Å². The minimum absolute atomic E-state index is 0.249. The van der Waals surface area contributed by atoms with Gasteiger partial charge in [0.1, 0.15) is 5.15 Å². The molecule has 2 aromatic heterocycles. The van der Waals surface area contributed by atoms with Gasteiger partial charge in [-0.25, -0.2) is 4.98 Å². The van der Waals surface area contributed by atoms with Gasteiger partial charge in [-0.15, -0.1) is 11.3 Å². The van der Waals surface area contributed by atoms with Crippen molar-refractivity contribution in [3.63, 3.8) is 0 Å². The number of halogens is 1. The molecule has 4 rings (SSSR count). The van der Waals surface area contributed by atoms with Crippen molar-refractivity contribution in [3.05, 3.63) is 46.1 Å². The van der Waals surface area contributed by atoms with E-state index in [9.17, 15) is 4.79 Å². The molecule has 1 saturated heterocycles. The highest BCUT2D eigenvalue weighted by molar-refractivity contribution is 7.14. The van der Waals surface area contributed by atoms with E-state index in [-0.39, 0.29) is 5.91 Å². The first-order valence-electron chi connectivity index (χ1n) is 10.5. The van der Waals surface area contributed by atoms with Crippen LogP contribution in [0, 0.1) is 6.92 Å². The number of anilines is 2. The molecule has 0 radical (unpaired) electrons. The number of nitrogens with one attached hydrogen (secondary N) is 1. The van der Waals surface area contributed by atoms with E-state index < -0.39 is 0 Å². The van der Waals surface area contributed by atoms with Gasteiger partial charge in [-0.05, 0) is 25.5 Å². The van der Waals surface area contributed by atoms with Crippen LogP contribution >= 0.6 is 22.9 Å². The van der Waals surface area contributed by atoms with Gasteiger partial charge in [0, 0.05) is 36.3 Å². The third-order valence-corrected chi connectivity index (χ3v) is 6.51. The molecule has 1 aliphatic rings. The van der Waals surface area contributed by atoms with Crippen molar-refractivity contribution in [1.29, 1.82) is 0 Å². The summed E-state index contributed by atoms with van der Waals surface area (Å²) in [5.74, 6) is -0.249. The average Bonchev–Trinajstić information content (AvgIpc) is 3.38. The zero-order valence-corrected chi connectivity index (χ0v) is 19.3. The summed E-state index contributed by atoms with van der Waals surface area (Å²) in [5, 5.41) is 10.8. The van der Waals surface area contributed by atoms with Crippen LogP contribution in [0.3, 0.4) is 0 Å². The van der Waals surface area contributed by atoms with Crippen molar-refractivity contribution >= 4 is 39.7 Å². The summed E-state index contributed by atoms with van der Waals surface area (Å²) < 4.78 is 7.11. The molecule has 1 N–H and O–H groups in total. The van der Waals surface area contributed by atoms with Gasteiger partial charge >= 0.3 is 0 Å². The molecule has 1 aromatic carbocycles. The minimum atomic E-state index is -0.249. The van der Waals surface area contributed by atoms with Crippen molar-refractivity contribution in [2.24, 2.45) is 0 Å². The Kier molecular flexibility index (Phi) is 6.89. The lowest BCUT2D eigenvalue weighted by atomic mass is 10.1. The van der Waals surface area contributed by atoms with Crippen molar-refractivity contribution in [3.8, 4) is 11.3 Å². The second-order valence-electron chi connectivity index (χ2n) is 7.47. The van der Waals surface area contributed by atoms with Crippen LogP contribution in [-0.2, 0) is 11.3 Å². The Morgan fingerprint density at radius 1 is 1.26 bits per heavy atom. The third-order valence-electron chi connectivity index (χ3n) is 5.23. The number of nitrogens with zero attached hydrogens (tertiary/aromatic N) is 4. The fourth-order valence-electron chi connectivity index (χ4n) is 3.48. The molecule has 164 valence electrons. The largest absolute Gasteiger partial charge is 0.378 e. The van der Waals surface area contributed by atoms with Crippen molar-refractivity contribution in [2.75, 3.05) is 36.5 Å². The maximum absolute atomic E-state index is 12.8. The Balaban J connectivity index is 1.44. The highest BCUT2D eigenvalue weighted by atomic mass is 35.5. The zero-order valence-electron chi connectivity index (χ0n) is 17.7. The summed E-state index contributed by atoms with van der Waals surface area (Å²) in [6.07, 6.45) is 2.00. The SMILES string of the molecule is CCCCn1nc(C)c(C(=O)Nc2ccc(-c3csc(N4CCOCC4)n3)cc2)c1Cl. The number of hydrogen-bond donors (Lipinski definition) is 1. The second-order valence-corrected chi connectivity index (χ2v) is 8.67. The summed E-state index contributed by atoms with van der Waals surface area (Å²) in [5.41, 5.74) is 3.70. The van der Waals surface area contributed by atoms with Crippen LogP contribution in [0.25, 0.3) is 11.3 Å². The first kappa shape index (κ1) is 21.8. The van der Waals surface area contributed by atoms with Crippen LogP contribution in [0.15, 0.2) is 29.6 Å². The number of aryl methyl sites for hydroxylation is 2. The van der Waals surface area contributed by atoms with Gasteiger partial charge in [0.05, 0.1) is 30.2 Å². The van der Waals surface area contributed by atoms with Gasteiger partial charge in [0.25, 0.3) is 5.91 Å². The van der Waals surface area contributed by atoms with E-state index >= 15 is 0 Å². The summed E-state index contributed by atoms with van der Waals surface area (Å²) in [4.78, 5) is 19.8. The van der Waals surface area contributed by atoms with E-state index in [1.165, 1.54) is 0 Å². The van der Waals surface area contributed by atoms with E-state index in [1.807, 2.05) is 24.3 Å². The lowest BCUT2D eigenvalue weighted by molar-refractivity contribution is 0.102. The van der Waals surface area contributed by atoms with Gasteiger partial charge < -0.3 is 15.0 Å². The molecule has 7 nitrogen and oxygen atoms in total. The number of amides is 1. The predicted molar refractivity (Wildman–Crippen MR) is 125 cm³/mol. The maximum atomic E-state index is 12.8. The number of morpholine rings is 1. The van der Waals surface area contributed by atoms with Crippen molar-refractivity contribution in [1.82, 2.24) is 14.8 Å². The highest BCUT2D eigenvalue weighted by Crippen LogP contribution is 2.29. The normalized spacial score (nSPS) is 14.1. The van der Waals surface area contributed by atoms with Crippen LogP contribution in [0.5, 0.6) is 0 Å². The lowest BCUT2D eigenvalue weighted by Gasteiger charge is -2.26. The molecule has 1 aliphatic heterocycles. The van der Waals surface area contributed by atoms with Gasteiger partial charge in [0.2, 0.25) is 0 Å². The maximum Gasteiger partial charge on any atom is 0.260 e. The molecule has 1 amide bonds. The Labute approximate surface area is 191 Å². The Hall–Kier alpha value is -2.42. The molecule has 3 aromatic rings. The molecule has 0 aliphatic carbocycles. The number of unbranched alkanes of at least 4 members (excludes halogenated alkanes) is 1. The zero-order chi connectivity index (χ0) is 21.8. The van der Waals surface area contributed by atoms with Gasteiger partial charge in [-0.1, -0.05) is 37.1 Å². The standard InChI is InChI=1S/C22H26ClN5O2S/c1-3-4-9-28-20(23)19(15(2)26-28)21(29)24-17-7-5-16(6-8-17)18-14-31-22(25-18)27-10-12-30-13-11-27/h5-8,14H,3-4,9-13H2,1-2H3,(H,24,29). The number of benzene rings is 1. The second kappa shape index (κ2) is 9.80. The molecule has 9 heteroatoms. The first-order valence-corrected chi connectivity index (χ1v) is 11.8. The number of carbonyl (C=O) groups is 1. The van der Waals surface area contributed by atoms with Crippen LogP contribution in [0.2, 0.25) is 5.15 Å². The van der Waals surface area contributed by atoms with E-state index in [1.54, 1.807) is 22.9 Å². The molecule has 31 heavy (non-hydrogen) atoms. The molecule has 1 fully saturated rings. The average molecular weight is 460 g/mol. The fourth-order valence-corrected chi connectivity index (χ4v) is 4.72. The van der Waals surface area contributed by atoms with E-state index in [2.05, 4.69) is 27.6 Å². The quantitative estimate of drug-likeness (QED) is 0.546. The third kappa shape index (κ3) is 4.92. The molecular weight excluding hydrogens is 434 g/mol. The summed E-state index contributed by atoms with van der Waals surface area (Å²) in [6.45, 7) is 7.84. The number of aromatic nitrogens is 3. The van der Waals surface area contributed by atoms with E-state index in [0.717, 1.165) is 55.5 Å². The summed E-state index contributed by atoms with van der Waals surface area (Å²) in [7, 11) is 0. The number of rotatable bonds is 7. The molecule has 3 heterocycles. The molecular formula is C22H26ClN5O2S. The number of hydrogen-bond acceptors (Lipinski definition) is 6. The Morgan fingerprint density at radius 3 is 2.71 bits per heavy atom. The predicted octanol–water partition coefficient (Wildman–Crippen LogP) is 4.86. The Bertz CT molecular complexity index is 1040. The Morgan fingerprint density at radius 2 is 2.00 bits per heavy atom.